The fourth-order valence-electron chi connectivity index (χ4n) is 2.52. The van der Waals surface area contributed by atoms with Gasteiger partial charge in [-0.15, -0.1) is 11.3 Å². The smallest absolute Gasteiger partial charge is 0.185 e. The predicted octanol–water partition coefficient (Wildman–Crippen LogP) is 2.81. The van der Waals surface area contributed by atoms with Gasteiger partial charge in [0.1, 0.15) is 0 Å². The number of thiazole rings is 1. The van der Waals surface area contributed by atoms with Crippen LogP contribution >= 0.6 is 11.3 Å². The molecule has 1 fully saturated rings. The van der Waals surface area contributed by atoms with Gasteiger partial charge in [0.15, 0.2) is 5.13 Å². The summed E-state index contributed by atoms with van der Waals surface area (Å²) >= 11 is 1.82. The van der Waals surface area contributed by atoms with Gasteiger partial charge in [0.25, 0.3) is 0 Å². The van der Waals surface area contributed by atoms with Crippen LogP contribution in [0.4, 0.5) is 5.13 Å². The number of morpholine rings is 1. The third-order valence-corrected chi connectivity index (χ3v) is 4.63. The lowest BCUT2D eigenvalue weighted by atomic mass is 10.2. The predicted molar refractivity (Wildman–Crippen MR) is 85.6 cm³/mol. The highest BCUT2D eigenvalue weighted by Crippen LogP contribution is 2.28. The van der Waals surface area contributed by atoms with Crippen LogP contribution in [0.3, 0.4) is 0 Å². The van der Waals surface area contributed by atoms with Crippen molar-refractivity contribution in [2.45, 2.75) is 53.4 Å². The van der Waals surface area contributed by atoms with Gasteiger partial charge in [-0.3, -0.25) is 0 Å². The molecule has 1 aromatic rings. The molecule has 20 heavy (non-hydrogen) atoms. The van der Waals surface area contributed by atoms with Gasteiger partial charge in [-0.25, -0.2) is 4.98 Å². The minimum atomic E-state index is 0.283. The first-order valence-corrected chi connectivity index (χ1v) is 8.34. The Morgan fingerprint density at radius 1 is 1.35 bits per heavy atom. The van der Waals surface area contributed by atoms with E-state index in [9.17, 15) is 0 Å². The summed E-state index contributed by atoms with van der Waals surface area (Å²) in [6.07, 6.45) is 0.566. The normalized spacial score (nSPS) is 23.6. The summed E-state index contributed by atoms with van der Waals surface area (Å²) in [6.45, 7) is 14.7. The fraction of sp³-hybridized carbons (Fsp3) is 0.800. The van der Waals surface area contributed by atoms with E-state index in [0.717, 1.165) is 37.0 Å². The molecule has 0 amide bonds. The van der Waals surface area contributed by atoms with E-state index in [-0.39, 0.29) is 12.2 Å². The monoisotopic (exact) mass is 297 g/mol. The Bertz CT molecular complexity index is 423. The van der Waals surface area contributed by atoms with E-state index < -0.39 is 0 Å². The number of nitrogens with zero attached hydrogens (tertiary/aromatic N) is 2. The molecule has 2 rings (SSSR count). The molecular weight excluding hydrogens is 270 g/mol. The number of hydrogen-bond acceptors (Lipinski definition) is 5. The molecule has 0 spiro atoms. The van der Waals surface area contributed by atoms with Crippen LogP contribution in [0, 0.1) is 12.8 Å². The Balaban J connectivity index is 1.99. The molecule has 4 nitrogen and oxygen atoms in total. The van der Waals surface area contributed by atoms with Gasteiger partial charge in [0.2, 0.25) is 0 Å². The minimum Gasteiger partial charge on any atom is -0.372 e. The van der Waals surface area contributed by atoms with Crippen molar-refractivity contribution in [3.63, 3.8) is 0 Å². The fourth-order valence-corrected chi connectivity index (χ4v) is 3.57. The molecule has 5 heteroatoms. The van der Waals surface area contributed by atoms with Crippen molar-refractivity contribution in [2.24, 2.45) is 5.92 Å². The zero-order valence-corrected chi connectivity index (χ0v) is 14.1. The molecule has 0 aromatic carbocycles. The topological polar surface area (TPSA) is 37.4 Å². The van der Waals surface area contributed by atoms with Crippen LogP contribution in [0.2, 0.25) is 0 Å². The molecule has 114 valence electrons. The second kappa shape index (κ2) is 6.87. The van der Waals surface area contributed by atoms with Crippen molar-refractivity contribution in [1.29, 1.82) is 0 Å². The van der Waals surface area contributed by atoms with Crippen molar-refractivity contribution < 1.29 is 4.74 Å². The Labute approximate surface area is 126 Å². The summed E-state index contributed by atoms with van der Waals surface area (Å²) in [6, 6.07) is 0. The molecule has 1 aromatic heterocycles. The molecule has 2 heterocycles. The number of ether oxygens (including phenoxy) is 1. The molecule has 0 radical (unpaired) electrons. The van der Waals surface area contributed by atoms with Gasteiger partial charge in [-0.2, -0.15) is 0 Å². The van der Waals surface area contributed by atoms with Crippen molar-refractivity contribution in [1.82, 2.24) is 10.3 Å². The van der Waals surface area contributed by atoms with Crippen molar-refractivity contribution in [3.8, 4) is 0 Å². The molecule has 1 aliphatic rings. The first kappa shape index (κ1) is 15.7. The van der Waals surface area contributed by atoms with Crippen LogP contribution in [0.5, 0.6) is 0 Å². The number of aromatic nitrogens is 1. The van der Waals surface area contributed by atoms with Crippen molar-refractivity contribution >= 4 is 16.5 Å². The second-order valence-corrected chi connectivity index (χ2v) is 7.25. The van der Waals surface area contributed by atoms with Gasteiger partial charge in [0, 0.05) is 24.5 Å². The van der Waals surface area contributed by atoms with Gasteiger partial charge in [-0.1, -0.05) is 13.8 Å². The summed E-state index contributed by atoms with van der Waals surface area (Å²) in [4.78, 5) is 8.47. The number of aryl methyl sites for hydroxylation is 1. The zero-order valence-electron chi connectivity index (χ0n) is 13.3. The summed E-state index contributed by atoms with van der Waals surface area (Å²) in [5.41, 5.74) is 1.16. The van der Waals surface area contributed by atoms with E-state index in [0.29, 0.717) is 5.92 Å². The maximum atomic E-state index is 5.79. The van der Waals surface area contributed by atoms with E-state index in [4.69, 9.17) is 9.72 Å². The average Bonchev–Trinajstić information content (AvgIpc) is 2.69. The van der Waals surface area contributed by atoms with E-state index in [1.165, 1.54) is 4.88 Å². The molecule has 1 saturated heterocycles. The van der Waals surface area contributed by atoms with Crippen LogP contribution in [0.15, 0.2) is 0 Å². The van der Waals surface area contributed by atoms with Gasteiger partial charge >= 0.3 is 0 Å². The molecule has 1 aliphatic heterocycles. The van der Waals surface area contributed by atoms with E-state index in [2.05, 4.69) is 44.8 Å². The van der Waals surface area contributed by atoms with Crippen LogP contribution in [0.1, 0.15) is 38.3 Å². The van der Waals surface area contributed by atoms with E-state index in [1.54, 1.807) is 0 Å². The molecule has 0 saturated carbocycles. The highest BCUT2D eigenvalue weighted by atomic mass is 32.1. The third kappa shape index (κ3) is 4.17. The van der Waals surface area contributed by atoms with Crippen LogP contribution in [-0.4, -0.2) is 36.8 Å². The molecule has 2 atom stereocenters. The summed E-state index contributed by atoms with van der Waals surface area (Å²) in [7, 11) is 0. The molecule has 0 unspecified atom stereocenters. The van der Waals surface area contributed by atoms with Crippen LogP contribution in [0.25, 0.3) is 0 Å². The molecule has 0 aliphatic carbocycles. The Morgan fingerprint density at radius 2 is 2.00 bits per heavy atom. The molecular formula is C15H27N3OS. The lowest BCUT2D eigenvalue weighted by Crippen LogP contribution is -2.45. The van der Waals surface area contributed by atoms with Gasteiger partial charge < -0.3 is 15.0 Å². The Kier molecular flexibility index (Phi) is 5.41. The molecule has 0 bridgehead atoms. The number of nitrogens with one attached hydrogen (secondary N) is 1. The first-order valence-electron chi connectivity index (χ1n) is 7.53. The van der Waals surface area contributed by atoms with Crippen molar-refractivity contribution in [2.75, 3.05) is 24.5 Å². The number of rotatable bonds is 5. The maximum absolute atomic E-state index is 5.79. The highest BCUT2D eigenvalue weighted by molar-refractivity contribution is 7.15. The minimum absolute atomic E-state index is 0.283. The Morgan fingerprint density at radius 3 is 2.60 bits per heavy atom. The van der Waals surface area contributed by atoms with E-state index in [1.807, 2.05) is 11.3 Å². The SMILES string of the molecule is Cc1nc(N2C[C@@H](C)O[C@@H](C)C2)sc1CNCC(C)C. The van der Waals surface area contributed by atoms with Crippen LogP contribution in [-0.2, 0) is 11.3 Å². The van der Waals surface area contributed by atoms with Gasteiger partial charge in [0.05, 0.1) is 17.9 Å². The second-order valence-electron chi connectivity index (χ2n) is 6.19. The lowest BCUT2D eigenvalue weighted by molar-refractivity contribution is -0.00523. The first-order chi connectivity index (χ1) is 9.45. The maximum Gasteiger partial charge on any atom is 0.185 e. The Hall–Kier alpha value is -0.650. The largest absolute Gasteiger partial charge is 0.372 e. The molecule has 1 N–H and O–H groups in total. The standard InChI is InChI=1S/C15H27N3OS/c1-10(2)6-16-7-14-13(5)17-15(20-14)18-8-11(3)19-12(4)9-18/h10-12,16H,6-9H2,1-5H3/t11-,12+. The summed E-state index contributed by atoms with van der Waals surface area (Å²) < 4.78 is 5.79. The number of anilines is 1. The lowest BCUT2D eigenvalue weighted by Gasteiger charge is -2.35. The average molecular weight is 297 g/mol. The van der Waals surface area contributed by atoms with Crippen LogP contribution < -0.4 is 10.2 Å². The van der Waals surface area contributed by atoms with Crippen molar-refractivity contribution in [3.05, 3.63) is 10.6 Å². The highest BCUT2D eigenvalue weighted by Gasteiger charge is 2.24. The zero-order chi connectivity index (χ0) is 14.7. The van der Waals surface area contributed by atoms with Gasteiger partial charge in [-0.05, 0) is 33.2 Å². The summed E-state index contributed by atoms with van der Waals surface area (Å²) in [5, 5.41) is 4.65. The quantitative estimate of drug-likeness (QED) is 0.907. The third-order valence-electron chi connectivity index (χ3n) is 3.41. The van der Waals surface area contributed by atoms with E-state index >= 15 is 0 Å². The number of hydrogen-bond donors (Lipinski definition) is 1. The summed E-state index contributed by atoms with van der Waals surface area (Å²) in [5.74, 6) is 0.684.